The first-order chi connectivity index (χ1) is 34.4. The molecule has 0 saturated heterocycles. The van der Waals surface area contributed by atoms with E-state index in [9.17, 15) is 0 Å². The molecule has 0 aliphatic rings. The van der Waals surface area contributed by atoms with Crippen molar-refractivity contribution >= 4 is 0 Å². The Balaban J connectivity index is 0.000000411. The predicted molar refractivity (Wildman–Crippen MR) is 276 cm³/mol. The molecule has 8 aromatic rings. The van der Waals surface area contributed by atoms with Crippen LogP contribution in [0.4, 0.5) is 0 Å². The van der Waals surface area contributed by atoms with Gasteiger partial charge in [-0.25, -0.2) is 29.9 Å². The van der Waals surface area contributed by atoms with Crippen LogP contribution in [0.15, 0.2) is 112 Å². The molecule has 8 rings (SSSR count). The van der Waals surface area contributed by atoms with Crippen molar-refractivity contribution in [3.8, 4) is 0 Å². The molecule has 0 atom stereocenters. The van der Waals surface area contributed by atoms with Crippen molar-refractivity contribution in [2.75, 3.05) is 0 Å². The van der Waals surface area contributed by atoms with Gasteiger partial charge in [0, 0.05) is 30.4 Å². The number of aromatic nitrogens is 22. The van der Waals surface area contributed by atoms with Crippen molar-refractivity contribution in [2.24, 2.45) is 0 Å². The molecule has 0 amide bonds. The van der Waals surface area contributed by atoms with Crippen LogP contribution in [0.25, 0.3) is 0 Å². The van der Waals surface area contributed by atoms with Crippen LogP contribution in [0.5, 0.6) is 0 Å². The van der Waals surface area contributed by atoms with Gasteiger partial charge < -0.3 is 0 Å². The Morgan fingerprint density at radius 2 is 0.847 bits per heavy atom. The summed E-state index contributed by atoms with van der Waals surface area (Å²) in [5, 5.41) is 59.0. The summed E-state index contributed by atoms with van der Waals surface area (Å²) in [6.45, 7) is 33.3. The van der Waals surface area contributed by atoms with Crippen molar-refractivity contribution < 1.29 is 0 Å². The van der Waals surface area contributed by atoms with Crippen molar-refractivity contribution in [3.63, 3.8) is 0 Å². The molecule has 72 heavy (non-hydrogen) atoms. The molecule has 0 aliphatic carbocycles. The van der Waals surface area contributed by atoms with Gasteiger partial charge in [-0.3, -0.25) is 0 Å². The van der Waals surface area contributed by atoms with Gasteiger partial charge in [-0.2, -0.15) is 35.7 Å². The fourth-order valence-electron chi connectivity index (χ4n) is 4.51. The van der Waals surface area contributed by atoms with E-state index in [-0.39, 0.29) is 0 Å². The molecule has 0 N–H and O–H groups in total. The highest BCUT2D eigenvalue weighted by atomic mass is 15.3. The van der Waals surface area contributed by atoms with Crippen LogP contribution >= 0.6 is 0 Å². The molecule has 0 aromatic carbocycles. The third-order valence-electron chi connectivity index (χ3n) is 9.00. The zero-order chi connectivity index (χ0) is 53.5. The Morgan fingerprint density at radius 3 is 1.18 bits per heavy atom. The van der Waals surface area contributed by atoms with Crippen LogP contribution < -0.4 is 0 Å². The Hall–Kier alpha value is -7.78. The van der Waals surface area contributed by atoms with Gasteiger partial charge in [0.2, 0.25) is 0 Å². The largest absolute Gasteiger partial charge is 0.241 e. The van der Waals surface area contributed by atoms with Crippen LogP contribution in [0.2, 0.25) is 0 Å². The SMILES string of the molecule is CC(C)c1cccnn1.CC(C)c1ccnnc1.CC(C)c1ccnnn1.CC(C)c1cncnn1.CC(C)c1cnncn1.CC(C)c1cnnnc1.CC(C)c1nccnn1.CC(C)c1ncncn1. The summed E-state index contributed by atoms with van der Waals surface area (Å²) in [6, 6.07) is 7.75. The van der Waals surface area contributed by atoms with Crippen molar-refractivity contribution in [1.82, 2.24) is 112 Å². The first kappa shape index (κ1) is 62.2. The van der Waals surface area contributed by atoms with E-state index >= 15 is 0 Å². The predicted octanol–water partition coefficient (Wildman–Crippen LogP) is 9.17. The molecular weight excluding hydrogens is 909 g/mol. The molecule has 384 valence electrons. The Bertz CT molecular complexity index is 1890. The van der Waals surface area contributed by atoms with Crippen LogP contribution in [0.1, 0.15) is 204 Å². The van der Waals surface area contributed by atoms with Gasteiger partial charge in [-0.05, 0) is 81.3 Å². The van der Waals surface area contributed by atoms with Gasteiger partial charge in [0.15, 0.2) is 5.82 Å². The zero-order valence-corrected chi connectivity index (χ0v) is 44.8. The van der Waals surface area contributed by atoms with E-state index < -0.39 is 0 Å². The molecule has 22 heteroatoms. The number of nitrogens with zero attached hydrogens (tertiary/aromatic N) is 22. The summed E-state index contributed by atoms with van der Waals surface area (Å²) in [6.07, 6.45) is 22.9. The van der Waals surface area contributed by atoms with Gasteiger partial charge in [0.25, 0.3) is 0 Å². The van der Waals surface area contributed by atoms with Crippen LogP contribution in [0.3, 0.4) is 0 Å². The molecule has 0 radical (unpaired) electrons. The number of hydrogen-bond acceptors (Lipinski definition) is 22. The van der Waals surface area contributed by atoms with Crippen molar-refractivity contribution in [2.45, 2.75) is 158 Å². The maximum absolute atomic E-state index is 4.00. The molecule has 0 bridgehead atoms. The van der Waals surface area contributed by atoms with Gasteiger partial charge in [-0.1, -0.05) is 111 Å². The maximum Gasteiger partial charge on any atom is 0.153 e. The summed E-state index contributed by atoms with van der Waals surface area (Å²) < 4.78 is 0. The molecule has 8 heterocycles. The summed E-state index contributed by atoms with van der Waals surface area (Å²) in [5.74, 6) is 5.27. The van der Waals surface area contributed by atoms with Crippen molar-refractivity contribution in [1.29, 1.82) is 0 Å². The standard InChI is InChI=1S/2C7H10N2.6C6H9N3/c1-6(2)7-3-4-8-9-5-7;1-6(2)7-4-3-5-8-9-7;1-5(2)6-8-3-7-4-9-6;1-5(2)6-3-8-9-4-7-6;1-5(2)6-3-7-4-8-9-6;1-5(2)6-3-7-9-8-4-6;1-5(2)6-7-3-4-8-9-6;1-5(2)6-3-4-7-9-8-6/h2*3-6H,1-2H3;6*3-5H,1-2H3. The number of rotatable bonds is 8. The highest BCUT2D eigenvalue weighted by Gasteiger charge is 2.02. The van der Waals surface area contributed by atoms with Crippen LogP contribution in [-0.2, 0) is 0 Å². The maximum atomic E-state index is 4.00. The van der Waals surface area contributed by atoms with Crippen molar-refractivity contribution in [3.05, 3.63) is 157 Å². The quantitative estimate of drug-likeness (QED) is 0.137. The summed E-state index contributed by atoms with van der Waals surface area (Å²) >= 11 is 0. The number of hydrogen-bond donors (Lipinski definition) is 0. The van der Waals surface area contributed by atoms with Gasteiger partial charge >= 0.3 is 0 Å². The lowest BCUT2D eigenvalue weighted by molar-refractivity contribution is 0.735. The molecule has 8 aromatic heterocycles. The first-order valence-electron chi connectivity index (χ1n) is 23.8. The van der Waals surface area contributed by atoms with Gasteiger partial charge in [0.05, 0.1) is 66.2 Å². The van der Waals surface area contributed by atoms with E-state index in [1.807, 2.05) is 38.1 Å². The van der Waals surface area contributed by atoms with E-state index in [0.29, 0.717) is 47.3 Å². The second-order valence-electron chi connectivity index (χ2n) is 17.7. The topological polar surface area (TPSA) is 284 Å². The minimum absolute atomic E-state index is 0.374. The average molecular weight is 983 g/mol. The van der Waals surface area contributed by atoms with Gasteiger partial charge in [-0.15, -0.1) is 35.7 Å². The molecule has 0 fully saturated rings. The average Bonchev–Trinajstić information content (AvgIpc) is 3.42. The zero-order valence-electron chi connectivity index (χ0n) is 44.8. The third kappa shape index (κ3) is 30.0. The lowest BCUT2D eigenvalue weighted by Crippen LogP contribution is -1.96. The molecule has 0 spiro atoms. The van der Waals surface area contributed by atoms with E-state index in [1.54, 1.807) is 62.0 Å². The van der Waals surface area contributed by atoms with Gasteiger partial charge in [0.1, 0.15) is 31.1 Å². The highest BCUT2D eigenvalue weighted by molar-refractivity contribution is 5.09. The lowest BCUT2D eigenvalue weighted by atomic mass is 10.1. The van der Waals surface area contributed by atoms with E-state index in [1.165, 1.54) is 30.9 Å². The molecular formula is C50H74N22. The fraction of sp³-hybridized carbons (Fsp3) is 0.480. The minimum Gasteiger partial charge on any atom is -0.241 e. The Kier molecular flexibility index (Phi) is 32.9. The van der Waals surface area contributed by atoms with E-state index in [0.717, 1.165) is 40.0 Å². The third-order valence-corrected chi connectivity index (χ3v) is 9.00. The normalized spacial score (nSPS) is 10.1. The molecule has 0 unspecified atom stereocenters. The Morgan fingerprint density at radius 1 is 0.278 bits per heavy atom. The van der Waals surface area contributed by atoms with Crippen LogP contribution in [-0.4, -0.2) is 112 Å². The molecule has 0 aliphatic heterocycles. The summed E-state index contributed by atoms with van der Waals surface area (Å²) in [5.41, 5.74) is 6.35. The fourth-order valence-corrected chi connectivity index (χ4v) is 4.51. The summed E-state index contributed by atoms with van der Waals surface area (Å²) in [4.78, 5) is 23.5. The van der Waals surface area contributed by atoms with E-state index in [4.69, 9.17) is 0 Å². The molecule has 0 saturated carbocycles. The summed E-state index contributed by atoms with van der Waals surface area (Å²) in [7, 11) is 0. The Labute approximate surface area is 425 Å². The monoisotopic (exact) mass is 983 g/mol. The minimum atomic E-state index is 0.374. The molecule has 22 nitrogen and oxygen atoms in total. The van der Waals surface area contributed by atoms with Crippen LogP contribution in [0, 0.1) is 0 Å². The first-order valence-corrected chi connectivity index (χ1v) is 23.8. The van der Waals surface area contributed by atoms with E-state index in [2.05, 4.69) is 209 Å². The smallest absolute Gasteiger partial charge is 0.153 e. The second-order valence-corrected chi connectivity index (χ2v) is 17.7. The highest BCUT2D eigenvalue weighted by Crippen LogP contribution is 2.12. The second kappa shape index (κ2) is 38.0. The lowest BCUT2D eigenvalue weighted by Gasteiger charge is -2.00.